The molecular weight excluding hydrogens is 470 g/mol. The van der Waals surface area contributed by atoms with E-state index in [1.54, 1.807) is 24.3 Å². The van der Waals surface area contributed by atoms with Crippen LogP contribution in [0.4, 0.5) is 10.5 Å². The summed E-state index contributed by atoms with van der Waals surface area (Å²) in [6, 6.07) is 19.1. The van der Waals surface area contributed by atoms with E-state index in [4.69, 9.17) is 5.11 Å². The van der Waals surface area contributed by atoms with Crippen LogP contribution >= 0.6 is 0 Å². The van der Waals surface area contributed by atoms with Gasteiger partial charge in [-0.05, 0) is 34.9 Å². The van der Waals surface area contributed by atoms with E-state index in [9.17, 15) is 22.8 Å². The van der Waals surface area contributed by atoms with Crippen molar-refractivity contribution in [1.29, 1.82) is 0 Å². The number of rotatable bonds is 7. The molecule has 3 aromatic carbocycles. The number of carboxylic acids is 1. The Bertz CT molecular complexity index is 1390. The third-order valence-corrected chi connectivity index (χ3v) is 7.40. The molecule has 0 saturated carbocycles. The number of nitrogens with one attached hydrogen (secondary N) is 1. The normalized spacial score (nSPS) is 14.4. The van der Waals surface area contributed by atoms with Crippen molar-refractivity contribution >= 4 is 33.6 Å². The molecule has 2 N–H and O–H groups in total. The van der Waals surface area contributed by atoms with Gasteiger partial charge in [0.2, 0.25) is 0 Å². The minimum absolute atomic E-state index is 0.144. The number of carbonyl (C=O) groups excluding carboxylic acids is 2. The molecule has 4 rings (SSSR count). The van der Waals surface area contributed by atoms with E-state index in [1.165, 1.54) is 30.1 Å². The zero-order valence-corrected chi connectivity index (χ0v) is 19.7. The Kier molecular flexibility index (Phi) is 6.57. The quantitative estimate of drug-likeness (QED) is 0.522. The predicted octanol–water partition coefficient (Wildman–Crippen LogP) is 3.00. The van der Waals surface area contributed by atoms with Gasteiger partial charge in [0.1, 0.15) is 4.90 Å². The maximum absolute atomic E-state index is 13.4. The van der Waals surface area contributed by atoms with Gasteiger partial charge in [-0.3, -0.25) is 14.5 Å². The fraction of sp³-hybridized carbons (Fsp3) is 0.160. The zero-order chi connectivity index (χ0) is 25.2. The standard InChI is InChI=1S/C25H23N3O6S/c1-27-21-12-11-20(24(31)26-15-18-5-3-2-4-6-18)14-22(21)35(33,34)28(25(27)32)16-19-9-7-17(8-10-19)13-23(29)30/h2-12,14H,13,15-16H2,1H3,(H,26,31)(H,29,30). The molecule has 0 saturated heterocycles. The molecule has 0 spiro atoms. The average molecular weight is 494 g/mol. The number of anilines is 1. The Balaban J connectivity index is 1.59. The predicted molar refractivity (Wildman–Crippen MR) is 128 cm³/mol. The first kappa shape index (κ1) is 24.0. The number of hydrogen-bond acceptors (Lipinski definition) is 5. The minimum atomic E-state index is -4.25. The third-order valence-electron chi connectivity index (χ3n) is 5.65. The number of aliphatic carboxylic acids is 1. The highest BCUT2D eigenvalue weighted by molar-refractivity contribution is 7.90. The number of carbonyl (C=O) groups is 3. The second-order valence-electron chi connectivity index (χ2n) is 8.09. The summed E-state index contributed by atoms with van der Waals surface area (Å²) < 4.78 is 27.5. The lowest BCUT2D eigenvalue weighted by atomic mass is 10.1. The molecule has 0 radical (unpaired) electrons. The number of fused-ring (bicyclic) bond motifs is 1. The number of carboxylic acid groups (broad SMARTS) is 1. The fourth-order valence-electron chi connectivity index (χ4n) is 3.77. The van der Waals surface area contributed by atoms with E-state index in [-0.39, 0.29) is 35.7 Å². The summed E-state index contributed by atoms with van der Waals surface area (Å²) >= 11 is 0. The van der Waals surface area contributed by atoms with Crippen LogP contribution in [0.15, 0.2) is 77.7 Å². The van der Waals surface area contributed by atoms with Gasteiger partial charge in [-0.25, -0.2) is 17.5 Å². The molecule has 0 atom stereocenters. The van der Waals surface area contributed by atoms with Gasteiger partial charge in [0.15, 0.2) is 0 Å². The molecule has 35 heavy (non-hydrogen) atoms. The Labute approximate surface area is 202 Å². The first-order chi connectivity index (χ1) is 16.7. The molecule has 0 fully saturated rings. The van der Waals surface area contributed by atoms with Crippen LogP contribution in [-0.2, 0) is 34.3 Å². The van der Waals surface area contributed by atoms with Crippen molar-refractivity contribution < 1.29 is 27.9 Å². The molecule has 180 valence electrons. The van der Waals surface area contributed by atoms with Crippen molar-refractivity contribution in [3.05, 3.63) is 95.1 Å². The second-order valence-corrected chi connectivity index (χ2v) is 9.92. The second kappa shape index (κ2) is 9.59. The Morgan fingerprint density at radius 2 is 1.57 bits per heavy atom. The summed E-state index contributed by atoms with van der Waals surface area (Å²) in [5.41, 5.74) is 2.32. The number of urea groups is 1. The van der Waals surface area contributed by atoms with Crippen LogP contribution < -0.4 is 10.2 Å². The number of nitrogens with zero attached hydrogens (tertiary/aromatic N) is 2. The van der Waals surface area contributed by atoms with Crippen molar-refractivity contribution in [3.8, 4) is 0 Å². The summed E-state index contributed by atoms with van der Waals surface area (Å²) in [7, 11) is -2.78. The molecule has 1 aliphatic heterocycles. The van der Waals surface area contributed by atoms with Crippen molar-refractivity contribution in [2.24, 2.45) is 0 Å². The van der Waals surface area contributed by atoms with E-state index in [0.29, 0.717) is 11.1 Å². The van der Waals surface area contributed by atoms with E-state index in [0.717, 1.165) is 9.87 Å². The molecule has 0 aromatic heterocycles. The first-order valence-electron chi connectivity index (χ1n) is 10.7. The lowest BCUT2D eigenvalue weighted by Crippen LogP contribution is -2.48. The summed E-state index contributed by atoms with van der Waals surface area (Å²) in [6.07, 6.45) is -0.160. The highest BCUT2D eigenvalue weighted by atomic mass is 32.2. The topological polar surface area (TPSA) is 124 Å². The van der Waals surface area contributed by atoms with Crippen LogP contribution in [0.25, 0.3) is 0 Å². The Morgan fingerprint density at radius 3 is 2.23 bits per heavy atom. The Hall–Kier alpha value is -4.18. The molecule has 0 unspecified atom stereocenters. The summed E-state index contributed by atoms with van der Waals surface area (Å²) in [5.74, 6) is -1.42. The van der Waals surface area contributed by atoms with Gasteiger partial charge in [-0.15, -0.1) is 0 Å². The number of benzene rings is 3. The largest absolute Gasteiger partial charge is 0.481 e. The van der Waals surface area contributed by atoms with Crippen LogP contribution in [0.2, 0.25) is 0 Å². The minimum Gasteiger partial charge on any atom is -0.481 e. The van der Waals surface area contributed by atoms with Crippen LogP contribution in [0, 0.1) is 0 Å². The first-order valence-corrected chi connectivity index (χ1v) is 12.2. The SMILES string of the molecule is CN1C(=O)N(Cc2ccc(CC(=O)O)cc2)S(=O)(=O)c2cc(C(=O)NCc3ccccc3)ccc21. The van der Waals surface area contributed by atoms with Gasteiger partial charge in [-0.2, -0.15) is 0 Å². The third kappa shape index (κ3) is 5.02. The van der Waals surface area contributed by atoms with Crippen LogP contribution in [0.5, 0.6) is 0 Å². The van der Waals surface area contributed by atoms with Crippen molar-refractivity contribution in [2.45, 2.75) is 24.4 Å². The van der Waals surface area contributed by atoms with E-state index >= 15 is 0 Å². The highest BCUT2D eigenvalue weighted by Crippen LogP contribution is 2.35. The summed E-state index contributed by atoms with van der Waals surface area (Å²) in [5, 5.41) is 11.7. The monoisotopic (exact) mass is 493 g/mol. The van der Waals surface area contributed by atoms with E-state index < -0.39 is 27.9 Å². The summed E-state index contributed by atoms with van der Waals surface area (Å²) in [4.78, 5) is 37.6. The van der Waals surface area contributed by atoms with Gasteiger partial charge >= 0.3 is 12.0 Å². The van der Waals surface area contributed by atoms with Crippen LogP contribution in [-0.4, -0.2) is 42.8 Å². The van der Waals surface area contributed by atoms with E-state index in [1.807, 2.05) is 30.3 Å². The van der Waals surface area contributed by atoms with Gasteiger partial charge in [0.25, 0.3) is 15.9 Å². The number of hydrogen-bond donors (Lipinski definition) is 2. The van der Waals surface area contributed by atoms with Crippen molar-refractivity contribution in [2.75, 3.05) is 11.9 Å². The molecule has 0 aliphatic carbocycles. The molecule has 0 bridgehead atoms. The van der Waals surface area contributed by atoms with Crippen molar-refractivity contribution in [3.63, 3.8) is 0 Å². The maximum atomic E-state index is 13.4. The summed E-state index contributed by atoms with van der Waals surface area (Å²) in [6.45, 7) is 0.0502. The number of sulfonamides is 1. The molecule has 1 aliphatic rings. The molecule has 3 aromatic rings. The lowest BCUT2D eigenvalue weighted by Gasteiger charge is -2.34. The highest BCUT2D eigenvalue weighted by Gasteiger charge is 2.40. The maximum Gasteiger partial charge on any atom is 0.338 e. The Morgan fingerprint density at radius 1 is 0.914 bits per heavy atom. The smallest absolute Gasteiger partial charge is 0.338 e. The zero-order valence-electron chi connectivity index (χ0n) is 18.8. The molecular formula is C25H23N3O6S. The molecule has 1 heterocycles. The van der Waals surface area contributed by atoms with Crippen molar-refractivity contribution in [1.82, 2.24) is 9.62 Å². The molecule has 9 nitrogen and oxygen atoms in total. The van der Waals surface area contributed by atoms with Crippen LogP contribution in [0.1, 0.15) is 27.0 Å². The van der Waals surface area contributed by atoms with Gasteiger partial charge in [0, 0.05) is 19.2 Å². The average Bonchev–Trinajstić information content (AvgIpc) is 2.85. The fourth-order valence-corrected chi connectivity index (χ4v) is 5.40. The molecule has 3 amide bonds. The van der Waals surface area contributed by atoms with Crippen LogP contribution in [0.3, 0.4) is 0 Å². The van der Waals surface area contributed by atoms with Gasteiger partial charge < -0.3 is 10.4 Å². The van der Waals surface area contributed by atoms with E-state index in [2.05, 4.69) is 5.32 Å². The van der Waals surface area contributed by atoms with Gasteiger partial charge in [0.05, 0.1) is 18.7 Å². The number of amides is 3. The van der Waals surface area contributed by atoms with Gasteiger partial charge in [-0.1, -0.05) is 54.6 Å². The molecule has 10 heteroatoms. The lowest BCUT2D eigenvalue weighted by molar-refractivity contribution is -0.136.